The number of urea groups is 1. The van der Waals surface area contributed by atoms with Crippen LogP contribution < -0.4 is 20.7 Å². The minimum absolute atomic E-state index is 0.579. The number of primary amides is 1. The molecule has 1 saturated heterocycles. The van der Waals surface area contributed by atoms with E-state index in [0.717, 1.165) is 56.1 Å². The summed E-state index contributed by atoms with van der Waals surface area (Å²) in [4.78, 5) is 15.5. The van der Waals surface area contributed by atoms with Crippen LogP contribution in [0.5, 0.6) is 5.75 Å². The van der Waals surface area contributed by atoms with E-state index in [1.165, 1.54) is 0 Å². The third-order valence-corrected chi connectivity index (χ3v) is 4.75. The lowest BCUT2D eigenvalue weighted by Crippen LogP contribution is -2.47. The Balaban J connectivity index is 1.37. The van der Waals surface area contributed by atoms with Crippen LogP contribution in [0.3, 0.4) is 0 Å². The van der Waals surface area contributed by atoms with Gasteiger partial charge in [0, 0.05) is 38.4 Å². The molecule has 3 rings (SSSR count). The summed E-state index contributed by atoms with van der Waals surface area (Å²) in [5.74, 6) is 0.771. The van der Waals surface area contributed by atoms with Gasteiger partial charge in [-0.15, -0.1) is 0 Å². The summed E-state index contributed by atoms with van der Waals surface area (Å²) in [6.07, 6.45) is 0.941. The smallest absolute Gasteiger partial charge is 0.316 e. The van der Waals surface area contributed by atoms with Crippen LogP contribution in [0.15, 0.2) is 48.5 Å². The van der Waals surface area contributed by atoms with Crippen LogP contribution in [0.1, 0.15) is 12.0 Å². The number of benzene rings is 2. The number of rotatable bonds is 7. The predicted octanol–water partition coefficient (Wildman–Crippen LogP) is 2.64. The van der Waals surface area contributed by atoms with Gasteiger partial charge in [0.1, 0.15) is 11.8 Å². The number of amides is 2. The van der Waals surface area contributed by atoms with Crippen LogP contribution in [0.25, 0.3) is 0 Å². The van der Waals surface area contributed by atoms with Gasteiger partial charge in [0.25, 0.3) is 0 Å². The molecular weight excluding hydrogens is 354 g/mol. The molecule has 146 valence electrons. The van der Waals surface area contributed by atoms with E-state index in [0.29, 0.717) is 12.3 Å². The lowest BCUT2D eigenvalue weighted by Gasteiger charge is -2.36. The van der Waals surface area contributed by atoms with E-state index in [9.17, 15) is 10.1 Å². The normalized spacial score (nSPS) is 14.3. The summed E-state index contributed by atoms with van der Waals surface area (Å²) in [5.41, 5.74) is 7.50. The maximum atomic E-state index is 10.8. The number of piperazine rings is 1. The van der Waals surface area contributed by atoms with Gasteiger partial charge in [-0.05, 0) is 42.8 Å². The molecule has 0 aromatic heterocycles. The molecule has 1 aliphatic rings. The topological polar surface area (TPSA) is 94.6 Å². The Kier molecular flexibility index (Phi) is 6.71. The van der Waals surface area contributed by atoms with Gasteiger partial charge in [-0.1, -0.05) is 12.1 Å². The van der Waals surface area contributed by atoms with Crippen LogP contribution in [0, 0.1) is 11.3 Å². The molecule has 1 heterocycles. The maximum Gasteiger partial charge on any atom is 0.316 e. The van der Waals surface area contributed by atoms with E-state index < -0.39 is 6.03 Å². The molecule has 28 heavy (non-hydrogen) atoms. The van der Waals surface area contributed by atoms with Gasteiger partial charge in [0.15, 0.2) is 0 Å². The van der Waals surface area contributed by atoms with E-state index in [2.05, 4.69) is 21.2 Å². The Hall–Kier alpha value is -3.24. The summed E-state index contributed by atoms with van der Waals surface area (Å²) in [7, 11) is 0. The van der Waals surface area contributed by atoms with Gasteiger partial charge in [0.05, 0.1) is 17.9 Å². The molecule has 0 saturated carbocycles. The number of ether oxygens (including phenoxy) is 1. The van der Waals surface area contributed by atoms with Crippen molar-refractivity contribution in [1.29, 1.82) is 5.26 Å². The van der Waals surface area contributed by atoms with E-state index in [-0.39, 0.29) is 0 Å². The van der Waals surface area contributed by atoms with Gasteiger partial charge in [0.2, 0.25) is 0 Å². The molecular formula is C21H25N5O2. The van der Waals surface area contributed by atoms with Crippen molar-refractivity contribution in [2.75, 3.05) is 49.5 Å². The fraction of sp³-hybridized carbons (Fsp3) is 0.333. The van der Waals surface area contributed by atoms with Crippen LogP contribution >= 0.6 is 0 Å². The fourth-order valence-corrected chi connectivity index (χ4v) is 3.31. The Morgan fingerprint density at radius 1 is 1.11 bits per heavy atom. The van der Waals surface area contributed by atoms with E-state index in [1.807, 2.05) is 36.4 Å². The zero-order chi connectivity index (χ0) is 19.8. The molecule has 1 fully saturated rings. The molecule has 0 radical (unpaired) electrons. The Bertz CT molecular complexity index is 823. The second kappa shape index (κ2) is 9.62. The fourth-order valence-electron chi connectivity index (χ4n) is 3.31. The summed E-state index contributed by atoms with van der Waals surface area (Å²) < 4.78 is 5.76. The number of hydrogen-bond donors (Lipinski definition) is 2. The lowest BCUT2D eigenvalue weighted by molar-refractivity contribution is 0.224. The molecule has 2 aromatic rings. The highest BCUT2D eigenvalue weighted by Crippen LogP contribution is 2.21. The zero-order valence-corrected chi connectivity index (χ0v) is 15.8. The Morgan fingerprint density at radius 3 is 2.50 bits per heavy atom. The summed E-state index contributed by atoms with van der Waals surface area (Å²) >= 11 is 0. The number of carbonyl (C=O) groups is 1. The molecule has 0 aliphatic carbocycles. The summed E-state index contributed by atoms with van der Waals surface area (Å²) in [6.45, 7) is 5.43. The first-order chi connectivity index (χ1) is 13.7. The van der Waals surface area contributed by atoms with Crippen molar-refractivity contribution in [2.24, 2.45) is 5.73 Å². The van der Waals surface area contributed by atoms with Crippen molar-refractivity contribution in [1.82, 2.24) is 4.90 Å². The largest absolute Gasteiger partial charge is 0.494 e. The van der Waals surface area contributed by atoms with Crippen molar-refractivity contribution in [3.8, 4) is 11.8 Å². The van der Waals surface area contributed by atoms with Crippen LogP contribution in [-0.2, 0) is 0 Å². The first kappa shape index (κ1) is 19.5. The highest BCUT2D eigenvalue weighted by Gasteiger charge is 2.18. The van der Waals surface area contributed by atoms with Crippen LogP contribution in [0.2, 0.25) is 0 Å². The summed E-state index contributed by atoms with van der Waals surface area (Å²) in [5, 5.41) is 11.8. The van der Waals surface area contributed by atoms with Gasteiger partial charge in [-0.25, -0.2) is 4.79 Å². The van der Waals surface area contributed by atoms with E-state index in [4.69, 9.17) is 10.5 Å². The van der Waals surface area contributed by atoms with Crippen LogP contribution in [0.4, 0.5) is 16.2 Å². The molecule has 0 bridgehead atoms. The Labute approximate surface area is 165 Å². The number of para-hydroxylation sites is 1. The highest BCUT2D eigenvalue weighted by atomic mass is 16.5. The molecule has 7 heteroatoms. The minimum atomic E-state index is -0.579. The summed E-state index contributed by atoms with van der Waals surface area (Å²) in [6, 6.07) is 16.6. The van der Waals surface area contributed by atoms with E-state index >= 15 is 0 Å². The van der Waals surface area contributed by atoms with Crippen molar-refractivity contribution in [3.63, 3.8) is 0 Å². The minimum Gasteiger partial charge on any atom is -0.494 e. The third-order valence-electron chi connectivity index (χ3n) is 4.75. The second-order valence-corrected chi connectivity index (χ2v) is 6.67. The monoisotopic (exact) mass is 379 g/mol. The SMILES string of the molecule is N#Cc1ccccc1N1CCN(CCCOc2ccc(NC(N)=O)cc2)CC1. The number of hydrogen-bond acceptors (Lipinski definition) is 5. The van der Waals surface area contributed by atoms with Crippen LogP contribution in [-0.4, -0.2) is 50.3 Å². The molecule has 0 unspecified atom stereocenters. The second-order valence-electron chi connectivity index (χ2n) is 6.67. The lowest BCUT2D eigenvalue weighted by atomic mass is 10.1. The van der Waals surface area contributed by atoms with Gasteiger partial charge in [-0.2, -0.15) is 5.26 Å². The molecule has 0 spiro atoms. The highest BCUT2D eigenvalue weighted by molar-refractivity contribution is 5.87. The third kappa shape index (κ3) is 5.38. The zero-order valence-electron chi connectivity index (χ0n) is 15.8. The first-order valence-electron chi connectivity index (χ1n) is 9.41. The molecule has 2 amide bonds. The molecule has 1 aliphatic heterocycles. The number of nitrogens with two attached hydrogens (primary N) is 1. The number of nitriles is 1. The van der Waals surface area contributed by atoms with Gasteiger partial charge in [-0.3, -0.25) is 4.90 Å². The molecule has 0 atom stereocenters. The van der Waals surface area contributed by atoms with Gasteiger partial charge < -0.3 is 20.7 Å². The number of anilines is 2. The number of nitrogens with one attached hydrogen (secondary N) is 1. The maximum absolute atomic E-state index is 10.8. The number of carbonyl (C=O) groups excluding carboxylic acids is 1. The molecule has 7 nitrogen and oxygen atoms in total. The average Bonchev–Trinajstić information content (AvgIpc) is 2.72. The van der Waals surface area contributed by atoms with Crippen molar-refractivity contribution in [3.05, 3.63) is 54.1 Å². The predicted molar refractivity (Wildman–Crippen MR) is 110 cm³/mol. The van der Waals surface area contributed by atoms with Crippen molar-refractivity contribution < 1.29 is 9.53 Å². The standard InChI is InChI=1S/C21H25N5O2/c22-16-17-4-1-2-5-20(17)26-13-11-25(12-14-26)10-3-15-28-19-8-6-18(7-9-19)24-21(23)27/h1-2,4-9H,3,10-15H2,(H3,23,24,27). The van der Waals surface area contributed by atoms with Gasteiger partial charge >= 0.3 is 6.03 Å². The average molecular weight is 379 g/mol. The number of nitrogens with zero attached hydrogens (tertiary/aromatic N) is 3. The van der Waals surface area contributed by atoms with Crippen molar-refractivity contribution >= 4 is 17.4 Å². The Morgan fingerprint density at radius 2 is 1.82 bits per heavy atom. The van der Waals surface area contributed by atoms with Crippen molar-refractivity contribution in [2.45, 2.75) is 6.42 Å². The molecule has 2 aromatic carbocycles. The van der Waals surface area contributed by atoms with E-state index in [1.54, 1.807) is 12.1 Å². The first-order valence-corrected chi connectivity index (χ1v) is 9.41. The quantitative estimate of drug-likeness (QED) is 0.721. The molecule has 3 N–H and O–H groups in total.